The molecule has 1 N–H and O–H groups in total. The maximum absolute atomic E-state index is 10.1. The van der Waals surface area contributed by atoms with Gasteiger partial charge in [-0.3, -0.25) is 0 Å². The Bertz CT molecular complexity index is 822. The van der Waals surface area contributed by atoms with Gasteiger partial charge in [0.2, 0.25) is 11.9 Å². The van der Waals surface area contributed by atoms with Crippen LogP contribution < -0.4 is 9.47 Å². The molecule has 0 bridgehead atoms. The second kappa shape index (κ2) is 5.23. The van der Waals surface area contributed by atoms with Crippen LogP contribution in [0.1, 0.15) is 0 Å². The van der Waals surface area contributed by atoms with E-state index in [1.165, 1.54) is 17.8 Å². The van der Waals surface area contributed by atoms with E-state index in [0.717, 1.165) is 5.69 Å². The second-order valence-corrected chi connectivity index (χ2v) is 5.49. The third-order valence-electron chi connectivity index (χ3n) is 3.10. The predicted octanol–water partition coefficient (Wildman–Crippen LogP) is 2.25. The SMILES string of the molecule is Oc1cc2c(cc1Sc1nnnn1-c1ccccc1)OCO2. The molecule has 2 aromatic carbocycles. The van der Waals surface area contributed by atoms with Gasteiger partial charge >= 0.3 is 0 Å². The van der Waals surface area contributed by atoms with Crippen LogP contribution in [0.5, 0.6) is 17.2 Å². The number of ether oxygens (including phenoxy) is 2. The molecule has 0 saturated carbocycles. The van der Waals surface area contributed by atoms with Gasteiger partial charge in [0.05, 0.1) is 10.6 Å². The van der Waals surface area contributed by atoms with E-state index in [2.05, 4.69) is 15.5 Å². The number of rotatable bonds is 3. The number of hydrogen-bond donors (Lipinski definition) is 1. The molecule has 1 aliphatic rings. The van der Waals surface area contributed by atoms with E-state index < -0.39 is 0 Å². The van der Waals surface area contributed by atoms with Crippen LogP contribution in [0.2, 0.25) is 0 Å². The third-order valence-corrected chi connectivity index (χ3v) is 4.08. The summed E-state index contributed by atoms with van der Waals surface area (Å²) in [5, 5.41) is 22.3. The van der Waals surface area contributed by atoms with Crippen LogP contribution in [-0.4, -0.2) is 32.1 Å². The van der Waals surface area contributed by atoms with Crippen LogP contribution in [0.15, 0.2) is 52.5 Å². The number of phenolic OH excluding ortho intramolecular Hbond substituents is 1. The standard InChI is InChI=1S/C14H10N4O3S/c19-10-6-11-12(21-8-20-11)7-13(10)22-14-15-16-17-18(14)9-4-2-1-3-5-9/h1-7,19H,8H2. The van der Waals surface area contributed by atoms with E-state index in [1.807, 2.05) is 30.3 Å². The molecule has 0 aliphatic carbocycles. The molecule has 0 amide bonds. The molecule has 2 heterocycles. The van der Waals surface area contributed by atoms with Gasteiger partial charge in [-0.2, -0.15) is 4.68 Å². The second-order valence-electron chi connectivity index (χ2n) is 4.48. The molecule has 1 aliphatic heterocycles. The lowest BCUT2D eigenvalue weighted by molar-refractivity contribution is 0.174. The topological polar surface area (TPSA) is 82.3 Å². The summed E-state index contributed by atoms with van der Waals surface area (Å²) < 4.78 is 12.2. The average molecular weight is 314 g/mol. The zero-order valence-electron chi connectivity index (χ0n) is 11.2. The fourth-order valence-electron chi connectivity index (χ4n) is 2.07. The Labute approximate surface area is 129 Å². The van der Waals surface area contributed by atoms with Gasteiger partial charge < -0.3 is 14.6 Å². The van der Waals surface area contributed by atoms with Gasteiger partial charge in [0.25, 0.3) is 0 Å². The minimum absolute atomic E-state index is 0.0943. The molecular weight excluding hydrogens is 304 g/mol. The Morgan fingerprint density at radius 2 is 1.86 bits per heavy atom. The molecule has 22 heavy (non-hydrogen) atoms. The van der Waals surface area contributed by atoms with Crippen LogP contribution in [0, 0.1) is 0 Å². The van der Waals surface area contributed by atoms with Crippen molar-refractivity contribution in [2.75, 3.05) is 6.79 Å². The van der Waals surface area contributed by atoms with Crippen molar-refractivity contribution in [2.24, 2.45) is 0 Å². The summed E-state index contributed by atoms with van der Waals surface area (Å²) in [7, 11) is 0. The monoisotopic (exact) mass is 314 g/mol. The van der Waals surface area contributed by atoms with E-state index >= 15 is 0 Å². The van der Waals surface area contributed by atoms with E-state index in [-0.39, 0.29) is 12.5 Å². The quantitative estimate of drug-likeness (QED) is 0.794. The lowest BCUT2D eigenvalue weighted by Gasteiger charge is -2.06. The van der Waals surface area contributed by atoms with E-state index in [0.29, 0.717) is 21.6 Å². The number of hydrogen-bond acceptors (Lipinski definition) is 7. The number of phenols is 1. The highest BCUT2D eigenvalue weighted by molar-refractivity contribution is 7.99. The molecule has 0 radical (unpaired) electrons. The van der Waals surface area contributed by atoms with Crippen LogP contribution in [-0.2, 0) is 0 Å². The van der Waals surface area contributed by atoms with E-state index in [9.17, 15) is 5.11 Å². The minimum atomic E-state index is 0.0943. The molecule has 0 spiro atoms. The van der Waals surface area contributed by atoms with Gasteiger partial charge in [0.15, 0.2) is 11.5 Å². The first-order chi connectivity index (χ1) is 10.8. The normalized spacial score (nSPS) is 12.5. The zero-order chi connectivity index (χ0) is 14.9. The number of aromatic nitrogens is 4. The van der Waals surface area contributed by atoms with Crippen molar-refractivity contribution in [1.82, 2.24) is 20.2 Å². The molecule has 0 fully saturated rings. The smallest absolute Gasteiger partial charge is 0.231 e. The van der Waals surface area contributed by atoms with Gasteiger partial charge in [-0.15, -0.1) is 5.10 Å². The molecule has 0 saturated heterocycles. The number of benzene rings is 2. The van der Waals surface area contributed by atoms with Crippen molar-refractivity contribution in [3.8, 4) is 22.9 Å². The Morgan fingerprint density at radius 3 is 2.68 bits per heavy atom. The van der Waals surface area contributed by atoms with E-state index in [4.69, 9.17) is 9.47 Å². The fraction of sp³-hybridized carbons (Fsp3) is 0.0714. The summed E-state index contributed by atoms with van der Waals surface area (Å²) in [5.41, 5.74) is 0.843. The zero-order valence-corrected chi connectivity index (χ0v) is 12.0. The number of aromatic hydroxyl groups is 1. The Kier molecular flexibility index (Phi) is 3.08. The minimum Gasteiger partial charge on any atom is -0.507 e. The number of tetrazole rings is 1. The molecule has 7 nitrogen and oxygen atoms in total. The molecular formula is C14H10N4O3S. The van der Waals surface area contributed by atoms with Crippen molar-refractivity contribution in [3.63, 3.8) is 0 Å². The molecule has 1 aromatic heterocycles. The average Bonchev–Trinajstić information content (AvgIpc) is 3.17. The summed E-state index contributed by atoms with van der Waals surface area (Å²) in [6.07, 6.45) is 0. The van der Waals surface area contributed by atoms with E-state index in [1.54, 1.807) is 10.7 Å². The third kappa shape index (κ3) is 2.23. The highest BCUT2D eigenvalue weighted by atomic mass is 32.2. The summed E-state index contributed by atoms with van der Waals surface area (Å²) >= 11 is 1.25. The first-order valence-corrected chi connectivity index (χ1v) is 7.27. The Morgan fingerprint density at radius 1 is 1.09 bits per heavy atom. The van der Waals surface area contributed by atoms with Crippen molar-refractivity contribution in [1.29, 1.82) is 0 Å². The molecule has 0 unspecified atom stereocenters. The van der Waals surface area contributed by atoms with Crippen LogP contribution in [0.3, 0.4) is 0 Å². The maximum atomic E-state index is 10.1. The summed E-state index contributed by atoms with van der Waals surface area (Å²) in [6, 6.07) is 12.8. The first-order valence-electron chi connectivity index (χ1n) is 6.45. The number of nitrogens with zero attached hydrogens (tertiary/aromatic N) is 4. The lowest BCUT2D eigenvalue weighted by atomic mass is 10.3. The van der Waals surface area contributed by atoms with Crippen LogP contribution in [0.25, 0.3) is 5.69 Å². The summed E-state index contributed by atoms with van der Waals surface area (Å²) in [4.78, 5) is 0.594. The van der Waals surface area contributed by atoms with Crippen LogP contribution >= 0.6 is 11.8 Å². The van der Waals surface area contributed by atoms with Crippen molar-refractivity contribution in [2.45, 2.75) is 10.1 Å². The number of para-hydroxylation sites is 1. The molecule has 8 heteroatoms. The van der Waals surface area contributed by atoms with Gasteiger partial charge in [0.1, 0.15) is 5.75 Å². The Balaban J connectivity index is 1.70. The summed E-state index contributed by atoms with van der Waals surface area (Å²) in [6.45, 7) is 0.157. The summed E-state index contributed by atoms with van der Waals surface area (Å²) in [5.74, 6) is 1.22. The van der Waals surface area contributed by atoms with Gasteiger partial charge in [0, 0.05) is 12.1 Å². The van der Waals surface area contributed by atoms with Crippen molar-refractivity contribution >= 4 is 11.8 Å². The molecule has 0 atom stereocenters. The lowest BCUT2D eigenvalue weighted by Crippen LogP contribution is -1.98. The van der Waals surface area contributed by atoms with Crippen molar-refractivity contribution < 1.29 is 14.6 Å². The fourth-order valence-corrected chi connectivity index (χ4v) is 2.90. The highest BCUT2D eigenvalue weighted by Crippen LogP contribution is 2.43. The predicted molar refractivity (Wildman–Crippen MR) is 77.5 cm³/mol. The van der Waals surface area contributed by atoms with Crippen LogP contribution in [0.4, 0.5) is 0 Å². The molecule has 3 aromatic rings. The maximum Gasteiger partial charge on any atom is 0.231 e. The Hall–Kier alpha value is -2.74. The largest absolute Gasteiger partial charge is 0.507 e. The van der Waals surface area contributed by atoms with Gasteiger partial charge in [-0.25, -0.2) is 0 Å². The molecule has 4 rings (SSSR count). The highest BCUT2D eigenvalue weighted by Gasteiger charge is 2.19. The van der Waals surface area contributed by atoms with Crippen molar-refractivity contribution in [3.05, 3.63) is 42.5 Å². The first kappa shape index (κ1) is 13.0. The number of fused-ring (bicyclic) bond motifs is 1. The van der Waals surface area contributed by atoms with Gasteiger partial charge in [-0.05, 0) is 34.3 Å². The van der Waals surface area contributed by atoms with Gasteiger partial charge in [-0.1, -0.05) is 18.2 Å². The molecule has 110 valence electrons.